The summed E-state index contributed by atoms with van der Waals surface area (Å²) in [6.45, 7) is 5.95. The molecule has 0 aromatic heterocycles. The maximum absolute atomic E-state index is 12.5. The summed E-state index contributed by atoms with van der Waals surface area (Å²) in [7, 11) is 1.22. The lowest BCUT2D eigenvalue weighted by Crippen LogP contribution is -2.58. The van der Waals surface area contributed by atoms with Crippen LogP contribution < -0.4 is 5.32 Å². The van der Waals surface area contributed by atoms with Gasteiger partial charge in [0, 0.05) is 0 Å². The van der Waals surface area contributed by atoms with E-state index in [2.05, 4.69) is 16.6 Å². The Hall–Kier alpha value is -2.34. The quantitative estimate of drug-likeness (QED) is 0.680. The van der Waals surface area contributed by atoms with Crippen LogP contribution in [0.15, 0.2) is 42.5 Å². The van der Waals surface area contributed by atoms with Crippen LogP contribution in [0.3, 0.4) is 0 Å². The first-order chi connectivity index (χ1) is 10.5. The number of amides is 1. The largest absolute Gasteiger partial charge is 0.462 e. The Labute approximate surface area is 129 Å². The van der Waals surface area contributed by atoms with Crippen molar-refractivity contribution in [3.63, 3.8) is 0 Å². The molecular formula is C16H19NO5. The van der Waals surface area contributed by atoms with Crippen LogP contribution in [0.5, 0.6) is 0 Å². The molecule has 0 bridgehead atoms. The van der Waals surface area contributed by atoms with Crippen molar-refractivity contribution in [1.82, 2.24) is 5.32 Å². The van der Waals surface area contributed by atoms with Gasteiger partial charge in [0.1, 0.15) is 0 Å². The second kappa shape index (κ2) is 6.62. The Morgan fingerprint density at radius 1 is 1.41 bits per heavy atom. The van der Waals surface area contributed by atoms with E-state index in [1.165, 1.54) is 7.11 Å². The van der Waals surface area contributed by atoms with Crippen LogP contribution in [0.1, 0.15) is 18.4 Å². The van der Waals surface area contributed by atoms with Gasteiger partial charge in [0.15, 0.2) is 0 Å². The molecule has 0 spiro atoms. The topological polar surface area (TPSA) is 73.9 Å². The molecule has 1 saturated heterocycles. The number of carbonyl (C=O) groups is 2. The fourth-order valence-corrected chi connectivity index (χ4v) is 2.55. The van der Waals surface area contributed by atoms with E-state index >= 15 is 0 Å². The Balaban J connectivity index is 2.47. The van der Waals surface area contributed by atoms with E-state index in [-0.39, 0.29) is 13.2 Å². The van der Waals surface area contributed by atoms with Crippen molar-refractivity contribution in [2.75, 3.05) is 20.3 Å². The highest BCUT2D eigenvalue weighted by molar-refractivity contribution is 5.87. The van der Waals surface area contributed by atoms with E-state index in [4.69, 9.17) is 9.47 Å². The third-order valence-corrected chi connectivity index (χ3v) is 3.48. The molecule has 6 nitrogen and oxygen atoms in total. The van der Waals surface area contributed by atoms with Crippen LogP contribution in [0.2, 0.25) is 0 Å². The predicted molar refractivity (Wildman–Crippen MR) is 79.2 cm³/mol. The molecule has 1 N–H and O–H groups in total. The van der Waals surface area contributed by atoms with Crippen LogP contribution in [0, 0.1) is 0 Å². The van der Waals surface area contributed by atoms with Crippen molar-refractivity contribution < 1.29 is 23.8 Å². The van der Waals surface area contributed by atoms with E-state index in [9.17, 15) is 9.59 Å². The van der Waals surface area contributed by atoms with Gasteiger partial charge in [-0.2, -0.15) is 0 Å². The number of alkyl carbamates (subject to hydrolysis) is 1. The fraction of sp³-hybridized carbons (Fsp3) is 0.375. The van der Waals surface area contributed by atoms with E-state index < -0.39 is 23.7 Å². The fourth-order valence-electron chi connectivity index (χ4n) is 2.55. The molecule has 1 amide bonds. The van der Waals surface area contributed by atoms with Gasteiger partial charge in [0.2, 0.25) is 0 Å². The molecule has 2 atom stereocenters. The molecule has 1 aromatic rings. The minimum atomic E-state index is -1.67. The van der Waals surface area contributed by atoms with Gasteiger partial charge in [-0.25, -0.2) is 9.59 Å². The van der Waals surface area contributed by atoms with Crippen molar-refractivity contribution >= 4 is 12.1 Å². The molecule has 22 heavy (non-hydrogen) atoms. The molecular weight excluding hydrogens is 286 g/mol. The van der Waals surface area contributed by atoms with Gasteiger partial charge in [-0.3, -0.25) is 5.32 Å². The van der Waals surface area contributed by atoms with Crippen molar-refractivity contribution in [3.05, 3.63) is 48.0 Å². The highest BCUT2D eigenvalue weighted by Crippen LogP contribution is 2.42. The normalized spacial score (nSPS) is 23.9. The second-order valence-electron chi connectivity index (χ2n) is 4.86. The van der Waals surface area contributed by atoms with Crippen molar-refractivity contribution in [2.45, 2.75) is 18.6 Å². The van der Waals surface area contributed by atoms with Crippen molar-refractivity contribution in [3.8, 4) is 0 Å². The zero-order chi connectivity index (χ0) is 16.2. The van der Waals surface area contributed by atoms with Gasteiger partial charge in [0.05, 0.1) is 26.2 Å². The standard InChI is InChI=1S/C16H19NO5/c1-4-21-14(18)16(17-15(19)20-3)13(11(2)10-22-16)12-8-6-5-7-9-12/h5-9,13H,2,4,10H2,1,3H3,(H,17,19)/t13-,16+/m1/s1. The number of hydrogen-bond acceptors (Lipinski definition) is 5. The number of hydrogen-bond donors (Lipinski definition) is 1. The first-order valence-corrected chi connectivity index (χ1v) is 6.95. The lowest BCUT2D eigenvalue weighted by atomic mass is 9.85. The minimum Gasteiger partial charge on any atom is -0.462 e. The summed E-state index contributed by atoms with van der Waals surface area (Å²) >= 11 is 0. The third-order valence-electron chi connectivity index (χ3n) is 3.48. The van der Waals surface area contributed by atoms with Gasteiger partial charge in [0.25, 0.3) is 5.72 Å². The summed E-state index contributed by atoms with van der Waals surface area (Å²) in [5.74, 6) is -1.22. The maximum Gasteiger partial charge on any atom is 0.409 e. The third kappa shape index (κ3) is 2.82. The maximum atomic E-state index is 12.5. The van der Waals surface area contributed by atoms with Gasteiger partial charge in [-0.15, -0.1) is 0 Å². The molecule has 0 radical (unpaired) electrons. The Morgan fingerprint density at radius 2 is 2.09 bits per heavy atom. The molecule has 6 heteroatoms. The Bertz CT molecular complexity index is 571. The average molecular weight is 305 g/mol. The van der Waals surface area contributed by atoms with E-state index in [1.807, 2.05) is 30.3 Å². The van der Waals surface area contributed by atoms with E-state index in [1.54, 1.807) is 6.92 Å². The number of carbonyl (C=O) groups excluding carboxylic acids is 2. The number of nitrogens with one attached hydrogen (secondary N) is 1. The van der Waals surface area contributed by atoms with Crippen LogP contribution in [0.4, 0.5) is 4.79 Å². The molecule has 0 saturated carbocycles. The highest BCUT2D eigenvalue weighted by atomic mass is 16.6. The molecule has 118 valence electrons. The Kier molecular flexibility index (Phi) is 4.82. The summed E-state index contributed by atoms with van der Waals surface area (Å²) in [5.41, 5.74) is -0.188. The highest BCUT2D eigenvalue weighted by Gasteiger charge is 2.56. The smallest absolute Gasteiger partial charge is 0.409 e. The minimum absolute atomic E-state index is 0.141. The van der Waals surface area contributed by atoms with Crippen LogP contribution in [-0.2, 0) is 19.0 Å². The first kappa shape index (κ1) is 16.0. The zero-order valence-corrected chi connectivity index (χ0v) is 12.6. The van der Waals surface area contributed by atoms with Gasteiger partial charge < -0.3 is 14.2 Å². The monoisotopic (exact) mass is 305 g/mol. The van der Waals surface area contributed by atoms with Crippen LogP contribution in [0.25, 0.3) is 0 Å². The van der Waals surface area contributed by atoms with E-state index in [0.29, 0.717) is 5.57 Å². The summed E-state index contributed by atoms with van der Waals surface area (Å²) in [6.07, 6.45) is -0.774. The average Bonchev–Trinajstić information content (AvgIpc) is 2.86. The van der Waals surface area contributed by atoms with Crippen molar-refractivity contribution in [1.29, 1.82) is 0 Å². The summed E-state index contributed by atoms with van der Waals surface area (Å²) in [6, 6.07) is 9.24. The van der Waals surface area contributed by atoms with Crippen LogP contribution in [-0.4, -0.2) is 38.1 Å². The summed E-state index contributed by atoms with van der Waals surface area (Å²) in [4.78, 5) is 24.2. The van der Waals surface area contributed by atoms with Crippen molar-refractivity contribution in [2.24, 2.45) is 0 Å². The van der Waals surface area contributed by atoms with Crippen LogP contribution >= 0.6 is 0 Å². The molecule has 2 rings (SSSR count). The van der Waals surface area contributed by atoms with Gasteiger partial charge in [-0.05, 0) is 18.1 Å². The molecule has 0 aliphatic carbocycles. The lowest BCUT2D eigenvalue weighted by molar-refractivity contribution is -0.171. The zero-order valence-electron chi connectivity index (χ0n) is 12.6. The summed E-state index contributed by atoms with van der Waals surface area (Å²) < 4.78 is 15.3. The molecule has 1 aromatic carbocycles. The van der Waals surface area contributed by atoms with Gasteiger partial charge >= 0.3 is 12.1 Å². The second-order valence-corrected chi connectivity index (χ2v) is 4.86. The van der Waals surface area contributed by atoms with E-state index in [0.717, 1.165) is 5.56 Å². The SMILES string of the molecule is C=C1CO[C@](NC(=O)OC)(C(=O)OCC)[C@H]1c1ccccc1. The Morgan fingerprint density at radius 3 is 2.68 bits per heavy atom. The number of benzene rings is 1. The number of methoxy groups -OCH3 is 1. The summed E-state index contributed by atoms with van der Waals surface area (Å²) in [5, 5.41) is 2.49. The van der Waals surface area contributed by atoms with Gasteiger partial charge in [-0.1, -0.05) is 36.9 Å². The number of esters is 1. The lowest BCUT2D eigenvalue weighted by Gasteiger charge is -2.32. The number of ether oxygens (including phenoxy) is 3. The predicted octanol–water partition coefficient (Wildman–Crippen LogP) is 1.97. The molecule has 0 unspecified atom stereocenters. The molecule has 1 aliphatic heterocycles. The molecule has 1 heterocycles. The number of rotatable bonds is 4. The first-order valence-electron chi connectivity index (χ1n) is 6.95. The molecule has 1 aliphatic rings. The molecule has 1 fully saturated rings.